The third-order valence-electron chi connectivity index (χ3n) is 3.03. The van der Waals surface area contributed by atoms with Crippen molar-refractivity contribution >= 4 is 23.3 Å². The van der Waals surface area contributed by atoms with Gasteiger partial charge in [-0.1, -0.05) is 16.8 Å². The third-order valence-corrected chi connectivity index (χ3v) is 3.27. The molecule has 1 aliphatic heterocycles. The predicted octanol–water partition coefficient (Wildman–Crippen LogP) is 2.55. The monoisotopic (exact) mass is 291 g/mol. The number of fused-ring (bicyclic) bond motifs is 1. The molecule has 2 heterocycles. The lowest BCUT2D eigenvalue weighted by Crippen LogP contribution is -2.07. The maximum absolute atomic E-state index is 5.99. The van der Waals surface area contributed by atoms with E-state index in [1.165, 1.54) is 0 Å². The lowest BCUT2D eigenvalue weighted by molar-refractivity contribution is 0.359. The topological polar surface area (TPSA) is 74.2 Å². The second-order valence-electron chi connectivity index (χ2n) is 4.54. The minimum atomic E-state index is 0.421. The minimum absolute atomic E-state index is 0.421. The van der Waals surface area contributed by atoms with Crippen molar-refractivity contribution < 1.29 is 9.26 Å². The number of hydrogen-bond acceptors (Lipinski definition) is 5. The fraction of sp³-hybridized carbons (Fsp3) is 0.286. The van der Waals surface area contributed by atoms with E-state index in [0.717, 1.165) is 23.3 Å². The van der Waals surface area contributed by atoms with Gasteiger partial charge in [0.15, 0.2) is 0 Å². The molecule has 0 radical (unpaired) electrons. The fourth-order valence-electron chi connectivity index (χ4n) is 2.02. The van der Waals surface area contributed by atoms with Crippen LogP contribution in [0.5, 0.6) is 5.75 Å². The van der Waals surface area contributed by atoms with Crippen LogP contribution in [-0.2, 0) is 6.42 Å². The van der Waals surface area contributed by atoms with Gasteiger partial charge in [0.2, 0.25) is 11.7 Å². The number of hydrogen-bond donors (Lipinski definition) is 1. The number of halogens is 1. The number of benzene rings is 1. The Bertz CT molecular complexity index is 652. The van der Waals surface area contributed by atoms with E-state index in [1.807, 2.05) is 18.2 Å². The first-order chi connectivity index (χ1) is 9.76. The lowest BCUT2D eigenvalue weighted by atomic mass is 10.1. The highest BCUT2D eigenvalue weighted by Gasteiger charge is 2.17. The van der Waals surface area contributed by atoms with Crippen molar-refractivity contribution in [2.75, 3.05) is 13.2 Å². The molecular weight excluding hydrogens is 278 g/mol. The molecule has 3 rings (SSSR count). The molecule has 0 saturated carbocycles. The lowest BCUT2D eigenvalue weighted by Gasteiger charge is -2.16. The average Bonchev–Trinajstić information content (AvgIpc) is 2.93. The zero-order valence-electron chi connectivity index (χ0n) is 10.8. The molecule has 0 amide bonds. The highest BCUT2D eigenvalue weighted by molar-refractivity contribution is 6.30. The molecule has 0 aliphatic carbocycles. The van der Waals surface area contributed by atoms with Crippen LogP contribution in [0.3, 0.4) is 0 Å². The first-order valence-corrected chi connectivity index (χ1v) is 6.80. The smallest absolute Gasteiger partial charge is 0.226 e. The molecule has 2 aromatic rings. The summed E-state index contributed by atoms with van der Waals surface area (Å²) < 4.78 is 10.9. The number of rotatable bonds is 4. The Hall–Kier alpha value is -1.85. The van der Waals surface area contributed by atoms with Gasteiger partial charge in [0.1, 0.15) is 12.4 Å². The number of nitrogens with two attached hydrogens (primary N) is 1. The average molecular weight is 292 g/mol. The summed E-state index contributed by atoms with van der Waals surface area (Å²) in [7, 11) is 0. The maximum Gasteiger partial charge on any atom is 0.226 e. The van der Waals surface area contributed by atoms with Crippen LogP contribution in [0.2, 0.25) is 5.02 Å². The highest BCUT2D eigenvalue weighted by atomic mass is 35.5. The van der Waals surface area contributed by atoms with Gasteiger partial charge in [-0.2, -0.15) is 4.98 Å². The highest BCUT2D eigenvalue weighted by Crippen LogP contribution is 2.31. The van der Waals surface area contributed by atoms with E-state index >= 15 is 0 Å². The Kier molecular flexibility index (Phi) is 3.71. The summed E-state index contributed by atoms with van der Waals surface area (Å²) in [5.41, 5.74) is 7.26. The van der Waals surface area contributed by atoms with Gasteiger partial charge < -0.3 is 15.0 Å². The van der Waals surface area contributed by atoms with E-state index in [0.29, 0.717) is 36.3 Å². The standard InChI is InChI=1S/C14H14ClN3O2/c15-11-3-4-12-9(7-11)6-10(8-19-12)14-17-13(20-18-14)2-1-5-16/h3-4,6-7H,1-2,5,8,16H2. The van der Waals surface area contributed by atoms with Crippen LogP contribution in [-0.4, -0.2) is 23.3 Å². The van der Waals surface area contributed by atoms with E-state index in [2.05, 4.69) is 10.1 Å². The predicted molar refractivity (Wildman–Crippen MR) is 76.5 cm³/mol. The first-order valence-electron chi connectivity index (χ1n) is 6.42. The second-order valence-corrected chi connectivity index (χ2v) is 4.98. The van der Waals surface area contributed by atoms with Crippen LogP contribution in [0, 0.1) is 0 Å². The molecule has 1 aromatic heterocycles. The van der Waals surface area contributed by atoms with Crippen molar-refractivity contribution in [1.82, 2.24) is 10.1 Å². The van der Waals surface area contributed by atoms with Crippen LogP contribution in [0.15, 0.2) is 22.7 Å². The van der Waals surface area contributed by atoms with Gasteiger partial charge in [-0.15, -0.1) is 0 Å². The summed E-state index contributed by atoms with van der Waals surface area (Å²) in [6.45, 7) is 1.03. The van der Waals surface area contributed by atoms with Gasteiger partial charge in [0, 0.05) is 22.6 Å². The molecule has 0 fully saturated rings. The Morgan fingerprint density at radius 3 is 3.10 bits per heavy atom. The molecule has 0 bridgehead atoms. The quantitative estimate of drug-likeness (QED) is 0.937. The van der Waals surface area contributed by atoms with E-state index in [1.54, 1.807) is 6.07 Å². The minimum Gasteiger partial charge on any atom is -0.488 e. The van der Waals surface area contributed by atoms with Crippen LogP contribution < -0.4 is 10.5 Å². The molecule has 0 atom stereocenters. The summed E-state index contributed by atoms with van der Waals surface area (Å²) in [4.78, 5) is 4.35. The van der Waals surface area contributed by atoms with E-state index in [-0.39, 0.29) is 0 Å². The summed E-state index contributed by atoms with van der Waals surface area (Å²) in [6.07, 6.45) is 3.50. The number of nitrogens with zero attached hydrogens (tertiary/aromatic N) is 2. The van der Waals surface area contributed by atoms with Crippen LogP contribution in [0.25, 0.3) is 11.6 Å². The van der Waals surface area contributed by atoms with Crippen molar-refractivity contribution in [3.05, 3.63) is 40.5 Å². The molecule has 0 unspecified atom stereocenters. The number of aryl methyl sites for hydroxylation is 1. The zero-order chi connectivity index (χ0) is 13.9. The van der Waals surface area contributed by atoms with E-state index in [9.17, 15) is 0 Å². The molecule has 5 nitrogen and oxygen atoms in total. The van der Waals surface area contributed by atoms with Crippen LogP contribution in [0.4, 0.5) is 0 Å². The van der Waals surface area contributed by atoms with Crippen molar-refractivity contribution in [1.29, 1.82) is 0 Å². The van der Waals surface area contributed by atoms with Crippen molar-refractivity contribution in [2.24, 2.45) is 5.73 Å². The molecule has 6 heteroatoms. The molecule has 1 aliphatic rings. The van der Waals surface area contributed by atoms with E-state index < -0.39 is 0 Å². The maximum atomic E-state index is 5.99. The molecule has 1 aromatic carbocycles. The summed E-state index contributed by atoms with van der Waals surface area (Å²) in [5.74, 6) is 1.97. The molecule has 2 N–H and O–H groups in total. The summed E-state index contributed by atoms with van der Waals surface area (Å²) >= 11 is 5.99. The molecule has 104 valence electrons. The van der Waals surface area contributed by atoms with Gasteiger partial charge >= 0.3 is 0 Å². The number of ether oxygens (including phenoxy) is 1. The molecule has 20 heavy (non-hydrogen) atoms. The van der Waals surface area contributed by atoms with Gasteiger partial charge in [0.25, 0.3) is 0 Å². The molecule has 0 spiro atoms. The Morgan fingerprint density at radius 2 is 2.25 bits per heavy atom. The van der Waals surface area contributed by atoms with Crippen LogP contribution in [0.1, 0.15) is 23.7 Å². The van der Waals surface area contributed by atoms with Crippen molar-refractivity contribution in [2.45, 2.75) is 12.8 Å². The second kappa shape index (κ2) is 5.64. The SMILES string of the molecule is NCCCc1nc(C2=Cc3cc(Cl)ccc3OC2)no1. The van der Waals surface area contributed by atoms with E-state index in [4.69, 9.17) is 26.6 Å². The molecule has 0 saturated heterocycles. The zero-order valence-corrected chi connectivity index (χ0v) is 11.6. The summed E-state index contributed by atoms with van der Waals surface area (Å²) in [6, 6.07) is 5.51. The van der Waals surface area contributed by atoms with Gasteiger partial charge in [-0.25, -0.2) is 0 Å². The van der Waals surface area contributed by atoms with Gasteiger partial charge in [0.05, 0.1) is 0 Å². The number of aromatic nitrogens is 2. The molecular formula is C14H14ClN3O2. The summed E-state index contributed by atoms with van der Waals surface area (Å²) in [5, 5.41) is 4.65. The normalized spacial score (nSPS) is 13.6. The van der Waals surface area contributed by atoms with Crippen molar-refractivity contribution in [3.8, 4) is 5.75 Å². The fourth-order valence-corrected chi connectivity index (χ4v) is 2.20. The first kappa shape index (κ1) is 13.1. The third kappa shape index (κ3) is 2.69. The Morgan fingerprint density at radius 1 is 1.35 bits per heavy atom. The largest absolute Gasteiger partial charge is 0.488 e. The Labute approximate surface area is 121 Å². The van der Waals surface area contributed by atoms with Gasteiger partial charge in [-0.05, 0) is 37.2 Å². The van der Waals surface area contributed by atoms with Crippen LogP contribution >= 0.6 is 11.6 Å². The Balaban J connectivity index is 1.86. The van der Waals surface area contributed by atoms with Gasteiger partial charge in [-0.3, -0.25) is 0 Å². The van der Waals surface area contributed by atoms with Crippen molar-refractivity contribution in [3.63, 3.8) is 0 Å².